The first-order valence-electron chi connectivity index (χ1n) is 7.62. The Morgan fingerprint density at radius 2 is 1.96 bits per heavy atom. The lowest BCUT2D eigenvalue weighted by Crippen LogP contribution is -2.38. The van der Waals surface area contributed by atoms with Gasteiger partial charge >= 0.3 is 5.97 Å². The number of aliphatic carboxylic acids is 1. The maximum atomic E-state index is 12.8. The van der Waals surface area contributed by atoms with Crippen molar-refractivity contribution in [3.8, 4) is 0 Å². The SMILES string of the molecule is Cc1oc(S(=O)(=O)N(C)C)cc1C(=O)N(CC(C)C(=O)O)C1CC1. The van der Waals surface area contributed by atoms with Gasteiger partial charge in [0, 0.05) is 32.7 Å². The second kappa shape index (κ2) is 6.56. The van der Waals surface area contributed by atoms with Gasteiger partial charge < -0.3 is 14.4 Å². The molecule has 0 saturated heterocycles. The van der Waals surface area contributed by atoms with Gasteiger partial charge in [0.15, 0.2) is 0 Å². The number of carboxylic acid groups (broad SMARTS) is 1. The second-order valence-corrected chi connectivity index (χ2v) is 8.33. The third-order valence-electron chi connectivity index (χ3n) is 4.00. The lowest BCUT2D eigenvalue weighted by Gasteiger charge is -2.24. The molecule has 1 fully saturated rings. The number of aryl methyl sites for hydroxylation is 1. The maximum Gasteiger partial charge on any atom is 0.308 e. The van der Waals surface area contributed by atoms with E-state index in [-0.39, 0.29) is 29.0 Å². The zero-order chi connectivity index (χ0) is 18.2. The zero-order valence-electron chi connectivity index (χ0n) is 14.1. The van der Waals surface area contributed by atoms with Gasteiger partial charge in [-0.3, -0.25) is 9.59 Å². The molecule has 1 amide bonds. The third-order valence-corrected chi connectivity index (χ3v) is 5.67. The molecular weight excluding hydrogens is 336 g/mol. The molecule has 1 atom stereocenters. The summed E-state index contributed by atoms with van der Waals surface area (Å²) in [6.45, 7) is 3.14. The average molecular weight is 358 g/mol. The molecule has 134 valence electrons. The number of furan rings is 1. The number of sulfonamides is 1. The summed E-state index contributed by atoms with van der Waals surface area (Å²) in [6.07, 6.45) is 1.63. The van der Waals surface area contributed by atoms with Crippen LogP contribution in [0.15, 0.2) is 15.6 Å². The average Bonchev–Trinajstić information content (AvgIpc) is 3.25. The summed E-state index contributed by atoms with van der Waals surface area (Å²) in [5.41, 5.74) is 0.153. The molecule has 1 aliphatic rings. The molecule has 0 bridgehead atoms. The Hall–Kier alpha value is -1.87. The minimum Gasteiger partial charge on any atom is -0.481 e. The minimum atomic E-state index is -3.78. The largest absolute Gasteiger partial charge is 0.481 e. The molecule has 0 radical (unpaired) electrons. The number of carboxylic acids is 1. The van der Waals surface area contributed by atoms with Gasteiger partial charge in [0.2, 0.25) is 5.09 Å². The van der Waals surface area contributed by atoms with Crippen LogP contribution in [0.25, 0.3) is 0 Å². The Bertz CT molecular complexity index is 748. The van der Waals surface area contributed by atoms with E-state index in [1.165, 1.54) is 38.9 Å². The van der Waals surface area contributed by atoms with Crippen LogP contribution in [-0.2, 0) is 14.8 Å². The standard InChI is InChI=1S/C15H22N2O6S/c1-9(15(19)20)8-17(11-5-6-11)14(18)12-7-13(23-10(12)2)24(21,22)16(3)4/h7,9,11H,5-6,8H2,1-4H3,(H,19,20). The van der Waals surface area contributed by atoms with Crippen LogP contribution in [-0.4, -0.2) is 61.3 Å². The summed E-state index contributed by atoms with van der Waals surface area (Å²) in [5, 5.41) is 8.77. The van der Waals surface area contributed by atoms with Crippen LogP contribution in [0.5, 0.6) is 0 Å². The predicted octanol–water partition coefficient (Wildman–Crippen LogP) is 1.16. The van der Waals surface area contributed by atoms with Crippen molar-refractivity contribution in [3.63, 3.8) is 0 Å². The fraction of sp³-hybridized carbons (Fsp3) is 0.600. The van der Waals surface area contributed by atoms with Crippen LogP contribution >= 0.6 is 0 Å². The molecular formula is C15H22N2O6S. The predicted molar refractivity (Wildman–Crippen MR) is 85.2 cm³/mol. The molecule has 9 heteroatoms. The number of carbonyl (C=O) groups is 2. The smallest absolute Gasteiger partial charge is 0.308 e. The van der Waals surface area contributed by atoms with E-state index < -0.39 is 27.8 Å². The van der Waals surface area contributed by atoms with Crippen molar-refractivity contribution in [2.75, 3.05) is 20.6 Å². The highest BCUT2D eigenvalue weighted by Crippen LogP contribution is 2.31. The lowest BCUT2D eigenvalue weighted by molar-refractivity contribution is -0.141. The number of rotatable bonds is 7. The summed E-state index contributed by atoms with van der Waals surface area (Å²) >= 11 is 0. The Morgan fingerprint density at radius 1 is 1.38 bits per heavy atom. The van der Waals surface area contributed by atoms with Crippen LogP contribution in [0.3, 0.4) is 0 Å². The third kappa shape index (κ3) is 3.62. The van der Waals surface area contributed by atoms with Gasteiger partial charge in [-0.25, -0.2) is 12.7 Å². The van der Waals surface area contributed by atoms with Crippen molar-refractivity contribution in [3.05, 3.63) is 17.4 Å². The molecule has 0 aromatic carbocycles. The molecule has 1 saturated carbocycles. The maximum absolute atomic E-state index is 12.8. The highest BCUT2D eigenvalue weighted by molar-refractivity contribution is 7.88. The fourth-order valence-electron chi connectivity index (χ4n) is 2.29. The topological polar surface area (TPSA) is 108 Å². The van der Waals surface area contributed by atoms with E-state index in [0.29, 0.717) is 0 Å². The molecule has 2 rings (SSSR count). The van der Waals surface area contributed by atoms with Gasteiger partial charge in [-0.1, -0.05) is 6.92 Å². The first-order valence-corrected chi connectivity index (χ1v) is 9.06. The summed E-state index contributed by atoms with van der Waals surface area (Å²) in [5.74, 6) is -1.87. The van der Waals surface area contributed by atoms with Gasteiger partial charge in [0.1, 0.15) is 5.76 Å². The van der Waals surface area contributed by atoms with E-state index >= 15 is 0 Å². The number of nitrogens with zero attached hydrogens (tertiary/aromatic N) is 2. The molecule has 0 aliphatic heterocycles. The summed E-state index contributed by atoms with van der Waals surface area (Å²) in [7, 11) is -1.03. The zero-order valence-corrected chi connectivity index (χ0v) is 15.0. The Kier molecular flexibility index (Phi) is 5.05. The van der Waals surface area contributed by atoms with Crippen LogP contribution in [0, 0.1) is 12.8 Å². The Morgan fingerprint density at radius 3 is 2.42 bits per heavy atom. The van der Waals surface area contributed by atoms with Gasteiger partial charge in [-0.05, 0) is 19.8 Å². The van der Waals surface area contributed by atoms with Crippen molar-refractivity contribution in [1.29, 1.82) is 0 Å². The summed E-state index contributed by atoms with van der Waals surface area (Å²) < 4.78 is 30.5. The van der Waals surface area contributed by atoms with Gasteiger partial charge in [0.05, 0.1) is 11.5 Å². The molecule has 1 aromatic heterocycles. The molecule has 24 heavy (non-hydrogen) atoms. The number of amides is 1. The van der Waals surface area contributed by atoms with Gasteiger partial charge in [0.25, 0.3) is 15.9 Å². The monoisotopic (exact) mass is 358 g/mol. The molecule has 1 heterocycles. The normalized spacial score (nSPS) is 16.2. The van der Waals surface area contributed by atoms with E-state index in [9.17, 15) is 18.0 Å². The van der Waals surface area contributed by atoms with E-state index in [4.69, 9.17) is 9.52 Å². The highest BCUT2D eigenvalue weighted by Gasteiger charge is 2.37. The Labute approximate surface area is 141 Å². The highest BCUT2D eigenvalue weighted by atomic mass is 32.2. The van der Waals surface area contributed by atoms with Crippen molar-refractivity contribution >= 4 is 21.9 Å². The molecule has 0 spiro atoms. The van der Waals surface area contributed by atoms with Crippen molar-refractivity contribution < 1.29 is 27.5 Å². The van der Waals surface area contributed by atoms with E-state index in [1.54, 1.807) is 0 Å². The number of hydrogen-bond acceptors (Lipinski definition) is 5. The summed E-state index contributed by atoms with van der Waals surface area (Å²) in [4.78, 5) is 25.4. The molecule has 1 aliphatic carbocycles. The first kappa shape index (κ1) is 18.5. The number of carbonyl (C=O) groups excluding carboxylic acids is 1. The van der Waals surface area contributed by atoms with Crippen molar-refractivity contribution in [1.82, 2.24) is 9.21 Å². The van der Waals surface area contributed by atoms with Gasteiger partial charge in [-0.15, -0.1) is 0 Å². The van der Waals surface area contributed by atoms with Crippen LogP contribution in [0.2, 0.25) is 0 Å². The lowest BCUT2D eigenvalue weighted by atomic mass is 10.1. The molecule has 1 N–H and O–H groups in total. The van der Waals surface area contributed by atoms with E-state index in [0.717, 1.165) is 17.1 Å². The van der Waals surface area contributed by atoms with Crippen LogP contribution in [0.4, 0.5) is 0 Å². The van der Waals surface area contributed by atoms with Crippen molar-refractivity contribution in [2.45, 2.75) is 37.8 Å². The molecule has 1 unspecified atom stereocenters. The molecule has 1 aromatic rings. The fourth-order valence-corrected chi connectivity index (χ4v) is 3.14. The summed E-state index contributed by atoms with van der Waals surface area (Å²) in [6, 6.07) is 1.22. The Balaban J connectivity index is 2.31. The van der Waals surface area contributed by atoms with Crippen LogP contribution in [0.1, 0.15) is 35.9 Å². The minimum absolute atomic E-state index is 0.00232. The molecule has 8 nitrogen and oxygen atoms in total. The van der Waals surface area contributed by atoms with Crippen LogP contribution < -0.4 is 0 Å². The van der Waals surface area contributed by atoms with Crippen molar-refractivity contribution in [2.24, 2.45) is 5.92 Å². The quantitative estimate of drug-likeness (QED) is 0.784. The second-order valence-electron chi connectivity index (χ2n) is 6.25. The van der Waals surface area contributed by atoms with E-state index in [1.807, 2.05) is 0 Å². The van der Waals surface area contributed by atoms with E-state index in [2.05, 4.69) is 0 Å². The van der Waals surface area contributed by atoms with Gasteiger partial charge in [-0.2, -0.15) is 0 Å². The number of hydrogen-bond donors (Lipinski definition) is 1. The first-order chi connectivity index (χ1) is 11.1.